The molecule has 0 N–H and O–H groups in total. The maximum absolute atomic E-state index is 13.3. The van der Waals surface area contributed by atoms with Gasteiger partial charge >= 0.3 is 0 Å². The largest absolute Gasteiger partial charge is 0.360 e. The molecule has 3 aliphatic heterocycles. The monoisotopic (exact) mass is 353 g/mol. The summed E-state index contributed by atoms with van der Waals surface area (Å²) in [4.78, 5) is 26.2. The zero-order valence-electron chi connectivity index (χ0n) is 14.8. The molecule has 3 saturated heterocycles. The molecule has 3 fully saturated rings. The van der Waals surface area contributed by atoms with Crippen molar-refractivity contribution >= 4 is 11.7 Å². The van der Waals surface area contributed by atoms with Crippen LogP contribution in [0.3, 0.4) is 0 Å². The summed E-state index contributed by atoms with van der Waals surface area (Å²) in [6, 6.07) is 0.194. The Morgan fingerprint density at radius 1 is 1.12 bits per heavy atom. The van der Waals surface area contributed by atoms with Crippen molar-refractivity contribution in [2.75, 3.05) is 24.5 Å². The molecule has 0 saturated carbocycles. The fourth-order valence-electron chi connectivity index (χ4n) is 4.66. The van der Waals surface area contributed by atoms with Crippen LogP contribution in [0, 0.1) is 5.92 Å². The number of hydrogen-bond donors (Lipinski definition) is 0. The first-order valence-electron chi connectivity index (χ1n) is 9.59. The molecule has 0 unspecified atom stereocenters. The van der Waals surface area contributed by atoms with E-state index in [4.69, 9.17) is 4.52 Å². The van der Waals surface area contributed by atoms with Crippen LogP contribution < -0.4 is 4.90 Å². The SMILES string of the molecule is O=C(c1noc2c1CCCC2)N1C[C@H]2CC[C@@H]1CN(c1cnccn1)C2. The average Bonchev–Trinajstić information content (AvgIpc) is 2.90. The van der Waals surface area contributed by atoms with E-state index in [1.165, 1.54) is 0 Å². The molecule has 7 heteroatoms. The molecular formula is C19H23N5O2. The molecule has 2 aromatic rings. The van der Waals surface area contributed by atoms with Gasteiger partial charge in [-0.05, 0) is 38.0 Å². The van der Waals surface area contributed by atoms with Crippen molar-refractivity contribution in [3.8, 4) is 0 Å². The fourth-order valence-corrected chi connectivity index (χ4v) is 4.66. The van der Waals surface area contributed by atoms with Crippen molar-refractivity contribution in [1.82, 2.24) is 20.0 Å². The highest BCUT2D eigenvalue weighted by atomic mass is 16.5. The summed E-state index contributed by atoms with van der Waals surface area (Å²) in [5.74, 6) is 2.33. The number of carbonyl (C=O) groups is 1. The molecule has 2 aromatic heterocycles. The van der Waals surface area contributed by atoms with Gasteiger partial charge in [-0.1, -0.05) is 5.16 Å². The van der Waals surface area contributed by atoms with Gasteiger partial charge in [0.1, 0.15) is 11.6 Å². The maximum Gasteiger partial charge on any atom is 0.276 e. The lowest BCUT2D eigenvalue weighted by Crippen LogP contribution is -2.47. The molecule has 0 spiro atoms. The molecule has 5 heterocycles. The molecule has 2 atom stereocenters. The van der Waals surface area contributed by atoms with Gasteiger partial charge in [0, 0.05) is 50.1 Å². The summed E-state index contributed by atoms with van der Waals surface area (Å²) < 4.78 is 5.47. The summed E-state index contributed by atoms with van der Waals surface area (Å²) in [5.41, 5.74) is 1.60. The lowest BCUT2D eigenvalue weighted by Gasteiger charge is -2.35. The number of aromatic nitrogens is 3. The number of piperidine rings is 1. The second-order valence-electron chi connectivity index (χ2n) is 7.66. The number of nitrogens with zero attached hydrogens (tertiary/aromatic N) is 5. The third-order valence-electron chi connectivity index (χ3n) is 6.00. The number of carbonyl (C=O) groups excluding carboxylic acids is 1. The minimum absolute atomic E-state index is 0.0487. The first-order valence-corrected chi connectivity index (χ1v) is 9.59. The number of hydrogen-bond acceptors (Lipinski definition) is 6. The Bertz CT molecular complexity index is 806. The van der Waals surface area contributed by atoms with Crippen LogP contribution in [0.15, 0.2) is 23.1 Å². The van der Waals surface area contributed by atoms with Crippen LogP contribution >= 0.6 is 0 Å². The molecule has 26 heavy (non-hydrogen) atoms. The number of anilines is 1. The van der Waals surface area contributed by atoms with Gasteiger partial charge in [-0.2, -0.15) is 0 Å². The van der Waals surface area contributed by atoms with Crippen molar-refractivity contribution < 1.29 is 9.32 Å². The van der Waals surface area contributed by atoms with Crippen molar-refractivity contribution in [3.05, 3.63) is 35.6 Å². The smallest absolute Gasteiger partial charge is 0.276 e. The number of rotatable bonds is 2. The Morgan fingerprint density at radius 2 is 2.04 bits per heavy atom. The van der Waals surface area contributed by atoms with Gasteiger partial charge in [-0.15, -0.1) is 0 Å². The number of aryl methyl sites for hydroxylation is 1. The van der Waals surface area contributed by atoms with Crippen LogP contribution in [-0.4, -0.2) is 51.6 Å². The van der Waals surface area contributed by atoms with Crippen LogP contribution in [0.1, 0.15) is 47.5 Å². The lowest BCUT2D eigenvalue weighted by molar-refractivity contribution is 0.0580. The van der Waals surface area contributed by atoms with Crippen molar-refractivity contribution in [1.29, 1.82) is 0 Å². The van der Waals surface area contributed by atoms with E-state index in [1.54, 1.807) is 12.4 Å². The van der Waals surface area contributed by atoms with Crippen molar-refractivity contribution in [3.63, 3.8) is 0 Å². The van der Waals surface area contributed by atoms with Gasteiger partial charge in [0.2, 0.25) is 0 Å². The molecule has 7 nitrogen and oxygen atoms in total. The van der Waals surface area contributed by atoms with E-state index in [9.17, 15) is 4.79 Å². The molecule has 6 rings (SSSR count). The van der Waals surface area contributed by atoms with Gasteiger partial charge in [-0.25, -0.2) is 4.98 Å². The Morgan fingerprint density at radius 3 is 2.92 bits per heavy atom. The normalized spacial score (nSPS) is 25.1. The maximum atomic E-state index is 13.3. The van der Waals surface area contributed by atoms with Crippen LogP contribution in [0.4, 0.5) is 5.82 Å². The molecule has 1 amide bonds. The topological polar surface area (TPSA) is 75.4 Å². The average molecular weight is 353 g/mol. The van der Waals surface area contributed by atoms with E-state index in [0.29, 0.717) is 11.6 Å². The predicted molar refractivity (Wildman–Crippen MR) is 94.9 cm³/mol. The fraction of sp³-hybridized carbons (Fsp3) is 0.579. The van der Waals surface area contributed by atoms with E-state index in [-0.39, 0.29) is 11.9 Å². The highest BCUT2D eigenvalue weighted by Gasteiger charge is 2.39. The van der Waals surface area contributed by atoms with Crippen LogP contribution in [-0.2, 0) is 12.8 Å². The van der Waals surface area contributed by atoms with Gasteiger partial charge in [0.05, 0.1) is 6.20 Å². The Balaban J connectivity index is 1.41. The minimum Gasteiger partial charge on any atom is -0.360 e. The molecule has 1 aliphatic carbocycles. The molecule has 2 bridgehead atoms. The zero-order chi connectivity index (χ0) is 17.5. The number of amides is 1. The first-order chi connectivity index (χ1) is 12.8. The molecule has 0 radical (unpaired) electrons. The molecule has 4 aliphatic rings. The second-order valence-corrected chi connectivity index (χ2v) is 7.66. The van der Waals surface area contributed by atoms with E-state index < -0.39 is 0 Å². The summed E-state index contributed by atoms with van der Waals surface area (Å²) in [5, 5.41) is 4.16. The number of fused-ring (bicyclic) bond motifs is 5. The summed E-state index contributed by atoms with van der Waals surface area (Å²) >= 11 is 0. The first kappa shape index (κ1) is 15.8. The summed E-state index contributed by atoms with van der Waals surface area (Å²) in [7, 11) is 0. The van der Waals surface area contributed by atoms with E-state index in [0.717, 1.165) is 75.3 Å². The Kier molecular flexibility index (Phi) is 3.87. The molecule has 136 valence electrons. The van der Waals surface area contributed by atoms with Gasteiger partial charge in [-0.3, -0.25) is 9.78 Å². The van der Waals surface area contributed by atoms with Gasteiger partial charge in [0.25, 0.3) is 5.91 Å². The second kappa shape index (κ2) is 6.37. The lowest BCUT2D eigenvalue weighted by atomic mass is 9.93. The van der Waals surface area contributed by atoms with Gasteiger partial charge < -0.3 is 14.3 Å². The third kappa shape index (κ3) is 2.66. The predicted octanol–water partition coefficient (Wildman–Crippen LogP) is 2.08. The van der Waals surface area contributed by atoms with Crippen molar-refractivity contribution in [2.45, 2.75) is 44.6 Å². The summed E-state index contributed by atoms with van der Waals surface area (Å²) in [6.07, 6.45) is 11.5. The Labute approximate surface area is 152 Å². The Hall–Kier alpha value is -2.44. The van der Waals surface area contributed by atoms with Crippen LogP contribution in [0.5, 0.6) is 0 Å². The van der Waals surface area contributed by atoms with Crippen LogP contribution in [0.2, 0.25) is 0 Å². The molecular weight excluding hydrogens is 330 g/mol. The van der Waals surface area contributed by atoms with E-state index in [1.807, 2.05) is 11.1 Å². The quantitative estimate of drug-likeness (QED) is 0.823. The summed E-state index contributed by atoms with van der Waals surface area (Å²) in [6.45, 7) is 2.53. The zero-order valence-corrected chi connectivity index (χ0v) is 14.8. The third-order valence-corrected chi connectivity index (χ3v) is 6.00. The van der Waals surface area contributed by atoms with E-state index in [2.05, 4.69) is 20.0 Å². The standard InChI is InChI=1S/C19H23N5O2/c25-19(18-15-3-1-2-4-16(15)26-22-18)24-11-13-5-6-14(24)12-23(10-13)17-9-20-7-8-21-17/h7-9,13-14H,1-6,10-12H2/t13-,14+/m0/s1. The van der Waals surface area contributed by atoms with E-state index >= 15 is 0 Å². The highest BCUT2D eigenvalue weighted by molar-refractivity contribution is 5.94. The van der Waals surface area contributed by atoms with Gasteiger partial charge in [0.15, 0.2) is 5.69 Å². The minimum atomic E-state index is 0.0487. The highest BCUT2D eigenvalue weighted by Crippen LogP contribution is 2.32. The van der Waals surface area contributed by atoms with Crippen molar-refractivity contribution in [2.24, 2.45) is 5.92 Å². The van der Waals surface area contributed by atoms with Crippen LogP contribution in [0.25, 0.3) is 0 Å². The molecule has 0 aromatic carbocycles.